The molecule has 1 heteroatoms. The molecular weight excluding hydrogens is 230 g/mol. The second-order valence-electron chi connectivity index (χ2n) is 5.60. The van der Waals surface area contributed by atoms with E-state index in [1.807, 2.05) is 0 Å². The van der Waals surface area contributed by atoms with Crippen LogP contribution in [0.4, 0.5) is 0 Å². The molecule has 2 N–H and O–H groups in total. The number of aryl methyl sites for hydroxylation is 4. The quantitative estimate of drug-likeness (QED) is 0.873. The van der Waals surface area contributed by atoms with Crippen LogP contribution in [0.25, 0.3) is 0 Å². The molecule has 0 bridgehead atoms. The second kappa shape index (κ2) is 5.58. The lowest BCUT2D eigenvalue weighted by Gasteiger charge is -2.17. The highest BCUT2D eigenvalue weighted by molar-refractivity contribution is 5.37. The van der Waals surface area contributed by atoms with E-state index in [0.29, 0.717) is 0 Å². The van der Waals surface area contributed by atoms with Gasteiger partial charge in [0.25, 0.3) is 0 Å². The molecule has 0 saturated carbocycles. The Labute approximate surface area is 116 Å². The Morgan fingerprint density at radius 3 is 1.95 bits per heavy atom. The van der Waals surface area contributed by atoms with Crippen LogP contribution in [-0.2, 0) is 6.42 Å². The minimum atomic E-state index is 0.0680. The molecule has 0 aliphatic rings. The predicted octanol–water partition coefficient (Wildman–Crippen LogP) is 4.16. The van der Waals surface area contributed by atoms with Gasteiger partial charge in [0, 0.05) is 6.04 Å². The molecule has 0 aliphatic heterocycles. The Hall–Kier alpha value is -1.60. The Kier molecular flexibility index (Phi) is 4.06. The molecule has 19 heavy (non-hydrogen) atoms. The van der Waals surface area contributed by atoms with Crippen molar-refractivity contribution in [2.24, 2.45) is 5.73 Å². The van der Waals surface area contributed by atoms with E-state index in [1.165, 1.54) is 33.4 Å². The summed E-state index contributed by atoms with van der Waals surface area (Å²) in [6.07, 6.45) is 0.904. The standard InChI is InChI=1S/C18H23N/c1-12-8-13(2)10-16(9-12)18(19)11-17-14(3)6-5-7-15(17)4/h5-10,18H,11,19H2,1-4H3. The summed E-state index contributed by atoms with van der Waals surface area (Å²) in [5, 5.41) is 0. The highest BCUT2D eigenvalue weighted by Crippen LogP contribution is 2.22. The predicted molar refractivity (Wildman–Crippen MR) is 82.5 cm³/mol. The Morgan fingerprint density at radius 1 is 0.895 bits per heavy atom. The smallest absolute Gasteiger partial charge is 0.0336 e. The van der Waals surface area contributed by atoms with Gasteiger partial charge in [0.05, 0.1) is 0 Å². The molecule has 1 nitrogen and oxygen atoms in total. The van der Waals surface area contributed by atoms with Crippen LogP contribution < -0.4 is 5.73 Å². The van der Waals surface area contributed by atoms with Crippen LogP contribution in [0, 0.1) is 27.7 Å². The monoisotopic (exact) mass is 253 g/mol. The van der Waals surface area contributed by atoms with Gasteiger partial charge in [-0.15, -0.1) is 0 Å². The molecule has 0 aromatic heterocycles. The largest absolute Gasteiger partial charge is 0.324 e. The van der Waals surface area contributed by atoms with Crippen LogP contribution in [-0.4, -0.2) is 0 Å². The first-order valence-corrected chi connectivity index (χ1v) is 6.86. The first-order chi connectivity index (χ1) is 8.97. The van der Waals surface area contributed by atoms with Crippen molar-refractivity contribution in [3.63, 3.8) is 0 Å². The molecule has 0 amide bonds. The summed E-state index contributed by atoms with van der Waals surface area (Å²) in [5.74, 6) is 0. The summed E-state index contributed by atoms with van der Waals surface area (Å²) in [7, 11) is 0. The summed E-state index contributed by atoms with van der Waals surface area (Å²) in [6.45, 7) is 8.58. The van der Waals surface area contributed by atoms with Crippen molar-refractivity contribution in [3.8, 4) is 0 Å². The van der Waals surface area contributed by atoms with Gasteiger partial charge < -0.3 is 5.73 Å². The summed E-state index contributed by atoms with van der Waals surface area (Å²) < 4.78 is 0. The van der Waals surface area contributed by atoms with E-state index in [9.17, 15) is 0 Å². The van der Waals surface area contributed by atoms with E-state index < -0.39 is 0 Å². The zero-order valence-corrected chi connectivity index (χ0v) is 12.3. The van der Waals surface area contributed by atoms with Crippen molar-refractivity contribution in [3.05, 3.63) is 69.8 Å². The molecule has 2 rings (SSSR count). The van der Waals surface area contributed by atoms with Crippen LogP contribution in [0.3, 0.4) is 0 Å². The maximum Gasteiger partial charge on any atom is 0.0336 e. The molecule has 0 saturated heterocycles. The molecule has 0 radical (unpaired) electrons. The lowest BCUT2D eigenvalue weighted by Crippen LogP contribution is -2.15. The molecule has 0 aliphatic carbocycles. The van der Waals surface area contributed by atoms with Gasteiger partial charge in [-0.3, -0.25) is 0 Å². The lowest BCUT2D eigenvalue weighted by atomic mass is 9.92. The van der Waals surface area contributed by atoms with Gasteiger partial charge in [0.15, 0.2) is 0 Å². The highest BCUT2D eigenvalue weighted by atomic mass is 14.6. The summed E-state index contributed by atoms with van der Waals surface area (Å²) in [4.78, 5) is 0. The van der Waals surface area contributed by atoms with Crippen molar-refractivity contribution in [1.29, 1.82) is 0 Å². The fraction of sp³-hybridized carbons (Fsp3) is 0.333. The second-order valence-corrected chi connectivity index (χ2v) is 5.60. The average Bonchev–Trinajstić information content (AvgIpc) is 2.32. The van der Waals surface area contributed by atoms with Crippen molar-refractivity contribution < 1.29 is 0 Å². The third-order valence-electron chi connectivity index (χ3n) is 3.74. The van der Waals surface area contributed by atoms with E-state index in [0.717, 1.165) is 6.42 Å². The van der Waals surface area contributed by atoms with Gasteiger partial charge in [0.1, 0.15) is 0 Å². The first-order valence-electron chi connectivity index (χ1n) is 6.86. The molecule has 0 fully saturated rings. The van der Waals surface area contributed by atoms with E-state index in [4.69, 9.17) is 5.73 Å². The van der Waals surface area contributed by atoms with Gasteiger partial charge >= 0.3 is 0 Å². The Morgan fingerprint density at radius 2 is 1.42 bits per heavy atom. The molecule has 100 valence electrons. The molecular formula is C18H23N. The van der Waals surface area contributed by atoms with Gasteiger partial charge in [-0.25, -0.2) is 0 Å². The summed E-state index contributed by atoms with van der Waals surface area (Å²) >= 11 is 0. The third-order valence-corrected chi connectivity index (χ3v) is 3.74. The van der Waals surface area contributed by atoms with Crippen LogP contribution in [0.5, 0.6) is 0 Å². The summed E-state index contributed by atoms with van der Waals surface area (Å²) in [5.41, 5.74) is 14.3. The van der Waals surface area contributed by atoms with Gasteiger partial charge in [0.2, 0.25) is 0 Å². The fourth-order valence-corrected chi connectivity index (χ4v) is 2.73. The van der Waals surface area contributed by atoms with Crippen LogP contribution in [0.1, 0.15) is 39.4 Å². The topological polar surface area (TPSA) is 26.0 Å². The van der Waals surface area contributed by atoms with Crippen molar-refractivity contribution in [1.82, 2.24) is 0 Å². The Bertz CT molecular complexity index is 544. The molecule has 2 aromatic carbocycles. The number of rotatable bonds is 3. The molecule has 2 aromatic rings. The Balaban J connectivity index is 2.28. The number of nitrogens with two attached hydrogens (primary N) is 1. The maximum atomic E-state index is 6.40. The molecule has 0 spiro atoms. The van der Waals surface area contributed by atoms with E-state index in [2.05, 4.69) is 64.1 Å². The van der Waals surface area contributed by atoms with E-state index >= 15 is 0 Å². The fourth-order valence-electron chi connectivity index (χ4n) is 2.73. The van der Waals surface area contributed by atoms with Gasteiger partial charge in [-0.1, -0.05) is 47.5 Å². The van der Waals surface area contributed by atoms with Crippen LogP contribution in [0.2, 0.25) is 0 Å². The van der Waals surface area contributed by atoms with Crippen molar-refractivity contribution in [2.45, 2.75) is 40.2 Å². The molecule has 1 unspecified atom stereocenters. The van der Waals surface area contributed by atoms with E-state index in [-0.39, 0.29) is 6.04 Å². The molecule has 0 heterocycles. The number of hydrogen-bond acceptors (Lipinski definition) is 1. The maximum absolute atomic E-state index is 6.40. The molecule has 1 atom stereocenters. The normalized spacial score (nSPS) is 12.5. The van der Waals surface area contributed by atoms with E-state index in [1.54, 1.807) is 0 Å². The summed E-state index contributed by atoms with van der Waals surface area (Å²) in [6, 6.07) is 13.1. The first kappa shape index (κ1) is 13.8. The van der Waals surface area contributed by atoms with Gasteiger partial charge in [-0.05, 0) is 56.4 Å². The highest BCUT2D eigenvalue weighted by Gasteiger charge is 2.11. The van der Waals surface area contributed by atoms with Crippen molar-refractivity contribution >= 4 is 0 Å². The van der Waals surface area contributed by atoms with Gasteiger partial charge in [-0.2, -0.15) is 0 Å². The van der Waals surface area contributed by atoms with Crippen LogP contribution in [0.15, 0.2) is 36.4 Å². The minimum Gasteiger partial charge on any atom is -0.324 e. The zero-order chi connectivity index (χ0) is 14.0. The number of benzene rings is 2. The lowest BCUT2D eigenvalue weighted by molar-refractivity contribution is 0.714. The number of hydrogen-bond donors (Lipinski definition) is 1. The SMILES string of the molecule is Cc1cc(C)cc(C(N)Cc2c(C)cccc2C)c1. The van der Waals surface area contributed by atoms with Crippen LogP contribution >= 0.6 is 0 Å². The zero-order valence-electron chi connectivity index (χ0n) is 12.3. The minimum absolute atomic E-state index is 0.0680. The van der Waals surface area contributed by atoms with Crippen molar-refractivity contribution in [2.75, 3.05) is 0 Å². The third kappa shape index (κ3) is 3.24. The average molecular weight is 253 g/mol.